The molecule has 0 rings (SSSR count). The predicted molar refractivity (Wildman–Crippen MR) is 16.7 cm³/mol. The first-order chi connectivity index (χ1) is 3.85. The second kappa shape index (κ2) is 3.38. The van der Waals surface area contributed by atoms with Crippen molar-refractivity contribution in [2.75, 3.05) is 0 Å². The number of alkyl halides is 3. The number of halogens is 5. The fourth-order valence-electron chi connectivity index (χ4n) is 0.107. The van der Waals surface area contributed by atoms with E-state index in [1.54, 1.807) is 0 Å². The molecule has 0 atom stereocenters. The molecule has 0 heterocycles. The summed E-state index contributed by atoms with van der Waals surface area (Å²) in [6, 6.07) is 0. The Kier molecular flexibility index (Phi) is 3.74. The molecular formula is C3HF5Xe. The third-order valence-electron chi connectivity index (χ3n) is 0.415. The van der Waals surface area contributed by atoms with E-state index in [-0.39, 0.29) is 0 Å². The van der Waals surface area contributed by atoms with E-state index in [1.165, 1.54) is 0 Å². The van der Waals surface area contributed by atoms with Gasteiger partial charge < -0.3 is 0 Å². The summed E-state index contributed by atoms with van der Waals surface area (Å²) in [5.74, 6) is 0. The van der Waals surface area contributed by atoms with Crippen molar-refractivity contribution in [3.63, 3.8) is 0 Å². The number of rotatable bonds is 0. The van der Waals surface area contributed by atoms with Gasteiger partial charge in [-0.15, -0.1) is 0 Å². The van der Waals surface area contributed by atoms with Crippen LogP contribution in [0.5, 0.6) is 0 Å². The normalized spacial score (nSPS) is 11.4. The molecule has 0 spiro atoms. The van der Waals surface area contributed by atoms with E-state index >= 15 is 0 Å². The molecule has 0 aliphatic rings. The summed E-state index contributed by atoms with van der Waals surface area (Å²) in [6.07, 6.45) is -7.59. The quantitative estimate of drug-likeness (QED) is 0.586. The van der Waals surface area contributed by atoms with Crippen molar-refractivity contribution in [1.82, 2.24) is 0 Å². The molecule has 0 saturated carbocycles. The summed E-state index contributed by atoms with van der Waals surface area (Å²) in [6.45, 7) is 0. The van der Waals surface area contributed by atoms with Crippen molar-refractivity contribution in [2.45, 2.75) is 6.18 Å². The molecule has 0 aromatic rings. The van der Waals surface area contributed by atoms with Crippen molar-refractivity contribution in [2.24, 2.45) is 0 Å². The number of hydrogen-bond acceptors (Lipinski definition) is 0. The molecule has 9 heavy (non-hydrogen) atoms. The Morgan fingerprint density at radius 3 is 1.44 bits per heavy atom. The molecule has 0 amide bonds. The molecule has 0 N–H and O–H groups in total. The van der Waals surface area contributed by atoms with Gasteiger partial charge in [0.1, 0.15) is 0 Å². The Bertz CT molecular complexity index is 130. The van der Waals surface area contributed by atoms with Crippen LogP contribution in [0.15, 0.2) is 6.12 Å². The first-order valence-corrected chi connectivity index (χ1v) is 2.71. The van der Waals surface area contributed by atoms with Gasteiger partial charge in [-0.25, -0.2) is 0 Å². The van der Waals surface area contributed by atoms with Crippen molar-refractivity contribution in [1.29, 1.82) is 0 Å². The van der Waals surface area contributed by atoms with Crippen molar-refractivity contribution in [3.8, 4) is 0 Å². The Labute approximate surface area is 79.8 Å². The Morgan fingerprint density at radius 1 is 1.11 bits per heavy atom. The van der Waals surface area contributed by atoms with E-state index in [2.05, 4.69) is 0 Å². The van der Waals surface area contributed by atoms with Crippen LogP contribution in [0.2, 0.25) is 0 Å². The Balaban J connectivity index is 4.40. The van der Waals surface area contributed by atoms with E-state index in [1.807, 2.05) is 0 Å². The van der Waals surface area contributed by atoms with E-state index < -0.39 is 12.3 Å². The van der Waals surface area contributed by atoms with E-state index in [0.717, 1.165) is 0 Å². The van der Waals surface area contributed by atoms with E-state index in [0.29, 0.717) is 46.5 Å². The van der Waals surface area contributed by atoms with Gasteiger partial charge in [-0.2, -0.15) is 0 Å². The van der Waals surface area contributed by atoms with Crippen LogP contribution >= 0.6 is 0 Å². The average Bonchev–Trinajstić information content (AvgIpc) is 1.62. The molecule has 0 aliphatic heterocycles. The summed E-state index contributed by atoms with van der Waals surface area (Å²) in [5.41, 5.74) is 0. The molecule has 0 nitrogen and oxygen atoms in total. The number of hydrogen-bond donors (Lipinski definition) is 0. The summed E-state index contributed by atoms with van der Waals surface area (Å²) < 4.78 is 53.8. The van der Waals surface area contributed by atoms with Crippen LogP contribution < -0.4 is 0 Å². The number of allylic oxidation sites excluding steroid dienone is 1. The topological polar surface area (TPSA) is 0 Å². The zero-order valence-electron chi connectivity index (χ0n) is 3.77. The van der Waals surface area contributed by atoms with Crippen molar-refractivity contribution in [3.05, 3.63) is 6.12 Å². The van der Waals surface area contributed by atoms with Gasteiger partial charge in [0.2, 0.25) is 0 Å². The van der Waals surface area contributed by atoms with Gasteiger partial charge in [0, 0.05) is 0 Å². The first-order valence-electron chi connectivity index (χ1n) is 1.63. The van der Waals surface area contributed by atoms with E-state index in [9.17, 15) is 22.0 Å². The molecule has 0 aromatic heterocycles. The van der Waals surface area contributed by atoms with Crippen LogP contribution in [0.4, 0.5) is 22.0 Å². The third kappa shape index (κ3) is 3.61. The molecule has 0 bridgehead atoms. The van der Waals surface area contributed by atoms with Crippen LogP contribution in [0, 0.1) is 46.5 Å². The summed E-state index contributed by atoms with van der Waals surface area (Å²) >= 11 is 0.543. The minimum atomic E-state index is -4.90. The molecule has 0 fully saturated rings. The first kappa shape index (κ1) is 9.96. The maximum absolute atomic E-state index is 11.2. The third-order valence-corrected chi connectivity index (χ3v) is 1.43. The van der Waals surface area contributed by atoms with Crippen molar-refractivity contribution >= 4 is 0 Å². The molecule has 0 unspecified atom stereocenters. The Morgan fingerprint density at radius 2 is 1.44 bits per heavy atom. The maximum atomic E-state index is 11.2. The van der Waals surface area contributed by atoms with Crippen LogP contribution in [-0.4, -0.2) is 6.18 Å². The molecule has 56 valence electrons. The fourth-order valence-corrected chi connectivity index (χ4v) is 0.107. The standard InChI is InChI=1S/C3HF5Xe/c4-2(5)1(9)3(6,7)8/h9H. The summed E-state index contributed by atoms with van der Waals surface area (Å²) in [4.78, 5) is 0. The molecule has 0 aliphatic carbocycles. The molecule has 0 radical (unpaired) electrons. The van der Waals surface area contributed by atoms with Crippen LogP contribution in [0.1, 0.15) is 0 Å². The van der Waals surface area contributed by atoms with Gasteiger partial charge in [0.15, 0.2) is 0 Å². The second-order valence-electron chi connectivity index (χ2n) is 1.07. The molecule has 0 saturated heterocycles. The SMILES string of the molecule is FC(F)=C([XeH])C(F)(F)F. The van der Waals surface area contributed by atoms with E-state index in [4.69, 9.17) is 0 Å². The summed E-state index contributed by atoms with van der Waals surface area (Å²) in [7, 11) is 0. The minimum absolute atomic E-state index is 0.543. The van der Waals surface area contributed by atoms with Gasteiger partial charge in [0.05, 0.1) is 0 Å². The Hall–Kier alpha value is 0.961. The van der Waals surface area contributed by atoms with Crippen LogP contribution in [-0.2, 0) is 0 Å². The van der Waals surface area contributed by atoms with Gasteiger partial charge in [-0.3, -0.25) is 0 Å². The van der Waals surface area contributed by atoms with Crippen LogP contribution in [0.25, 0.3) is 0 Å². The van der Waals surface area contributed by atoms with Gasteiger partial charge in [-0.05, 0) is 0 Å². The predicted octanol–water partition coefficient (Wildman–Crippen LogP) is 1.94. The zero-order valence-corrected chi connectivity index (χ0v) is 5.93. The average molecular weight is 263 g/mol. The second-order valence-corrected chi connectivity index (χ2v) is 2.15. The molecular weight excluding hydrogens is 262 g/mol. The fraction of sp³-hybridized carbons (Fsp3) is 0.333. The zero-order chi connectivity index (χ0) is 7.65. The van der Waals surface area contributed by atoms with Gasteiger partial charge in [-0.1, -0.05) is 0 Å². The van der Waals surface area contributed by atoms with Gasteiger partial charge in [0.25, 0.3) is 0 Å². The van der Waals surface area contributed by atoms with Crippen LogP contribution in [0.3, 0.4) is 0 Å². The monoisotopic (exact) mass is 264 g/mol. The van der Waals surface area contributed by atoms with Crippen molar-refractivity contribution < 1.29 is 68.5 Å². The molecule has 0 aromatic carbocycles. The molecule has 6 heteroatoms. The summed E-state index contributed by atoms with van der Waals surface area (Å²) in [5, 5.41) is 0. The van der Waals surface area contributed by atoms with Gasteiger partial charge >= 0.3 is 80.8 Å².